The number of amides is 2. The van der Waals surface area contributed by atoms with Gasteiger partial charge in [0, 0.05) is 25.4 Å². The standard InChI is InChI=1S/C23H25N5O2/c29-22(11-10-18-6-2-1-3-7-18)27-14-12-19(13-15-27)23(30)26-20-8-4-5-9-21(20)28-17-24-16-25-28/h1-9,16-17,19H,10-15H2,(H,26,30). The number of aryl methyl sites for hydroxylation is 1. The van der Waals surface area contributed by atoms with Gasteiger partial charge in [0.1, 0.15) is 12.7 Å². The molecule has 0 saturated carbocycles. The third-order valence-corrected chi connectivity index (χ3v) is 5.52. The molecule has 1 aliphatic rings. The normalized spacial score (nSPS) is 14.5. The highest BCUT2D eigenvalue weighted by Crippen LogP contribution is 2.23. The number of para-hydroxylation sites is 2. The summed E-state index contributed by atoms with van der Waals surface area (Å²) in [4.78, 5) is 31.2. The van der Waals surface area contributed by atoms with E-state index in [2.05, 4.69) is 15.4 Å². The average molecular weight is 403 g/mol. The average Bonchev–Trinajstić information content (AvgIpc) is 3.33. The van der Waals surface area contributed by atoms with Crippen LogP contribution in [0.5, 0.6) is 0 Å². The number of benzene rings is 2. The van der Waals surface area contributed by atoms with E-state index in [4.69, 9.17) is 0 Å². The predicted octanol–water partition coefficient (Wildman–Crippen LogP) is 3.08. The molecule has 1 fully saturated rings. The van der Waals surface area contributed by atoms with Crippen LogP contribution >= 0.6 is 0 Å². The molecule has 2 aromatic carbocycles. The number of carbonyl (C=O) groups excluding carboxylic acids is 2. The van der Waals surface area contributed by atoms with Gasteiger partial charge < -0.3 is 10.2 Å². The van der Waals surface area contributed by atoms with Crippen molar-refractivity contribution in [2.24, 2.45) is 5.92 Å². The van der Waals surface area contributed by atoms with Crippen LogP contribution in [0.15, 0.2) is 67.3 Å². The first-order chi connectivity index (χ1) is 14.7. The fourth-order valence-electron chi connectivity index (χ4n) is 3.79. The fourth-order valence-corrected chi connectivity index (χ4v) is 3.79. The molecule has 7 heteroatoms. The van der Waals surface area contributed by atoms with Gasteiger partial charge in [0.25, 0.3) is 0 Å². The first-order valence-corrected chi connectivity index (χ1v) is 10.3. The van der Waals surface area contributed by atoms with E-state index in [1.807, 2.05) is 59.5 Å². The number of aromatic nitrogens is 3. The second kappa shape index (κ2) is 9.35. The zero-order chi connectivity index (χ0) is 20.8. The predicted molar refractivity (Wildman–Crippen MR) is 114 cm³/mol. The number of likely N-dealkylation sites (tertiary alicyclic amines) is 1. The van der Waals surface area contributed by atoms with E-state index < -0.39 is 0 Å². The highest BCUT2D eigenvalue weighted by molar-refractivity contribution is 5.94. The topological polar surface area (TPSA) is 80.1 Å². The number of hydrogen-bond acceptors (Lipinski definition) is 4. The van der Waals surface area contributed by atoms with Gasteiger partial charge in [-0.15, -0.1) is 0 Å². The Bertz CT molecular complexity index is 980. The molecule has 0 aliphatic carbocycles. The number of carbonyl (C=O) groups is 2. The molecule has 1 N–H and O–H groups in total. The molecule has 2 amide bonds. The lowest BCUT2D eigenvalue weighted by molar-refractivity contribution is -0.134. The Kier molecular flexibility index (Phi) is 6.17. The Balaban J connectivity index is 1.29. The minimum absolute atomic E-state index is 0.0149. The van der Waals surface area contributed by atoms with Gasteiger partial charge >= 0.3 is 0 Å². The van der Waals surface area contributed by atoms with Gasteiger partial charge in [0.2, 0.25) is 11.8 Å². The molecule has 0 radical (unpaired) electrons. The summed E-state index contributed by atoms with van der Waals surface area (Å²) in [5, 5.41) is 7.17. The molecular weight excluding hydrogens is 378 g/mol. The maximum Gasteiger partial charge on any atom is 0.227 e. The van der Waals surface area contributed by atoms with E-state index in [0.29, 0.717) is 38.0 Å². The Labute approximate surface area is 175 Å². The van der Waals surface area contributed by atoms with Crippen molar-refractivity contribution in [1.82, 2.24) is 19.7 Å². The quantitative estimate of drug-likeness (QED) is 0.686. The van der Waals surface area contributed by atoms with Gasteiger partial charge in [0.15, 0.2) is 0 Å². The summed E-state index contributed by atoms with van der Waals surface area (Å²) in [5.74, 6) is 0.0418. The van der Waals surface area contributed by atoms with Gasteiger partial charge in [-0.05, 0) is 37.0 Å². The lowest BCUT2D eigenvalue weighted by Crippen LogP contribution is -2.41. The highest BCUT2D eigenvalue weighted by Gasteiger charge is 2.27. The molecule has 0 atom stereocenters. The lowest BCUT2D eigenvalue weighted by Gasteiger charge is -2.31. The second-order valence-corrected chi connectivity index (χ2v) is 7.49. The van der Waals surface area contributed by atoms with E-state index in [9.17, 15) is 9.59 Å². The van der Waals surface area contributed by atoms with Gasteiger partial charge in [-0.1, -0.05) is 42.5 Å². The van der Waals surface area contributed by atoms with Crippen LogP contribution in [0.1, 0.15) is 24.8 Å². The lowest BCUT2D eigenvalue weighted by atomic mass is 9.95. The molecule has 1 saturated heterocycles. The van der Waals surface area contributed by atoms with Crippen LogP contribution in [0, 0.1) is 5.92 Å². The number of anilines is 1. The Morgan fingerprint density at radius 3 is 2.47 bits per heavy atom. The largest absolute Gasteiger partial charge is 0.343 e. The third kappa shape index (κ3) is 4.74. The van der Waals surface area contributed by atoms with Crippen molar-refractivity contribution in [1.29, 1.82) is 0 Å². The first-order valence-electron chi connectivity index (χ1n) is 10.3. The van der Waals surface area contributed by atoms with Gasteiger partial charge in [0.05, 0.1) is 11.4 Å². The fraction of sp³-hybridized carbons (Fsp3) is 0.304. The molecule has 7 nitrogen and oxygen atoms in total. The van der Waals surface area contributed by atoms with E-state index in [1.54, 1.807) is 11.0 Å². The van der Waals surface area contributed by atoms with Crippen LogP contribution in [0.2, 0.25) is 0 Å². The van der Waals surface area contributed by atoms with Crippen molar-refractivity contribution in [2.75, 3.05) is 18.4 Å². The van der Waals surface area contributed by atoms with Crippen molar-refractivity contribution >= 4 is 17.5 Å². The van der Waals surface area contributed by atoms with Crippen molar-refractivity contribution < 1.29 is 9.59 Å². The van der Waals surface area contributed by atoms with Crippen LogP contribution in [0.4, 0.5) is 5.69 Å². The van der Waals surface area contributed by atoms with E-state index >= 15 is 0 Å². The Hall–Kier alpha value is -3.48. The van der Waals surface area contributed by atoms with Crippen molar-refractivity contribution in [3.05, 3.63) is 72.8 Å². The SMILES string of the molecule is O=C(Nc1ccccc1-n1cncn1)C1CCN(C(=O)CCc2ccccc2)CC1. The minimum Gasteiger partial charge on any atom is -0.343 e. The van der Waals surface area contributed by atoms with Crippen LogP contribution in [-0.2, 0) is 16.0 Å². The second-order valence-electron chi connectivity index (χ2n) is 7.49. The zero-order valence-electron chi connectivity index (χ0n) is 16.8. The Morgan fingerprint density at radius 2 is 1.73 bits per heavy atom. The molecule has 30 heavy (non-hydrogen) atoms. The maximum absolute atomic E-state index is 12.8. The zero-order valence-corrected chi connectivity index (χ0v) is 16.8. The van der Waals surface area contributed by atoms with Crippen LogP contribution in [0.25, 0.3) is 5.69 Å². The molecule has 1 aliphatic heterocycles. The Morgan fingerprint density at radius 1 is 1.00 bits per heavy atom. The summed E-state index contributed by atoms with van der Waals surface area (Å²) in [6.07, 6.45) is 5.67. The molecule has 154 valence electrons. The number of rotatable bonds is 6. The summed E-state index contributed by atoms with van der Waals surface area (Å²) >= 11 is 0. The monoisotopic (exact) mass is 403 g/mol. The molecule has 0 bridgehead atoms. The van der Waals surface area contributed by atoms with Gasteiger partial charge in [-0.3, -0.25) is 9.59 Å². The molecule has 2 heterocycles. The van der Waals surface area contributed by atoms with Gasteiger partial charge in [-0.25, -0.2) is 9.67 Å². The van der Waals surface area contributed by atoms with E-state index in [0.717, 1.165) is 12.1 Å². The van der Waals surface area contributed by atoms with Gasteiger partial charge in [-0.2, -0.15) is 5.10 Å². The molecular formula is C23H25N5O2. The first kappa shape index (κ1) is 19.8. The summed E-state index contributed by atoms with van der Waals surface area (Å²) in [5.41, 5.74) is 2.65. The van der Waals surface area contributed by atoms with Crippen LogP contribution in [-0.4, -0.2) is 44.6 Å². The number of nitrogens with zero attached hydrogens (tertiary/aromatic N) is 4. The molecule has 0 spiro atoms. The molecule has 1 aromatic heterocycles. The van der Waals surface area contributed by atoms with Crippen molar-refractivity contribution in [2.45, 2.75) is 25.7 Å². The van der Waals surface area contributed by atoms with E-state index in [1.165, 1.54) is 11.9 Å². The number of piperidine rings is 1. The molecule has 0 unspecified atom stereocenters. The minimum atomic E-state index is -0.105. The number of nitrogens with one attached hydrogen (secondary N) is 1. The number of hydrogen-bond donors (Lipinski definition) is 1. The van der Waals surface area contributed by atoms with Crippen molar-refractivity contribution in [3.8, 4) is 5.69 Å². The van der Waals surface area contributed by atoms with Crippen molar-refractivity contribution in [3.63, 3.8) is 0 Å². The summed E-state index contributed by atoms with van der Waals surface area (Å²) in [6, 6.07) is 17.6. The summed E-state index contributed by atoms with van der Waals surface area (Å²) < 4.78 is 1.63. The summed E-state index contributed by atoms with van der Waals surface area (Å²) in [7, 11) is 0. The van der Waals surface area contributed by atoms with Crippen LogP contribution in [0.3, 0.4) is 0 Å². The molecule has 3 aromatic rings. The third-order valence-electron chi connectivity index (χ3n) is 5.52. The van der Waals surface area contributed by atoms with E-state index in [-0.39, 0.29) is 17.7 Å². The molecule has 4 rings (SSSR count). The highest BCUT2D eigenvalue weighted by atomic mass is 16.2. The van der Waals surface area contributed by atoms with Crippen LogP contribution < -0.4 is 5.32 Å². The summed E-state index contributed by atoms with van der Waals surface area (Å²) in [6.45, 7) is 1.24. The maximum atomic E-state index is 12.8. The smallest absolute Gasteiger partial charge is 0.227 e.